The minimum absolute atomic E-state index is 0.163. The zero-order chi connectivity index (χ0) is 14.0. The van der Waals surface area contributed by atoms with Crippen LogP contribution in [0.4, 0.5) is 5.69 Å². The second kappa shape index (κ2) is 5.45. The Labute approximate surface area is 120 Å². The monoisotopic (exact) mass is 319 g/mol. The molecular weight excluding hydrogens is 306 g/mol. The molecule has 2 rings (SSSR count). The summed E-state index contributed by atoms with van der Waals surface area (Å²) in [6.07, 6.45) is 0. The van der Waals surface area contributed by atoms with Gasteiger partial charge in [0.1, 0.15) is 5.75 Å². The number of phenols is 1. The Morgan fingerprint density at radius 1 is 1.11 bits per heavy atom. The van der Waals surface area contributed by atoms with E-state index in [-0.39, 0.29) is 11.7 Å². The maximum absolute atomic E-state index is 12.2. The lowest BCUT2D eigenvalue weighted by molar-refractivity contribution is 0.102. The first-order valence-electron chi connectivity index (χ1n) is 5.84. The Morgan fingerprint density at radius 2 is 1.84 bits per heavy atom. The van der Waals surface area contributed by atoms with Crippen LogP contribution in [-0.4, -0.2) is 11.0 Å². The number of amides is 1. The molecule has 2 aromatic rings. The number of halogens is 1. The normalized spacial score (nSPS) is 10.3. The van der Waals surface area contributed by atoms with E-state index in [1.54, 1.807) is 31.2 Å². The number of hydrogen-bond acceptors (Lipinski definition) is 2. The van der Waals surface area contributed by atoms with Gasteiger partial charge in [0.2, 0.25) is 0 Å². The van der Waals surface area contributed by atoms with Gasteiger partial charge in [0, 0.05) is 15.7 Å². The van der Waals surface area contributed by atoms with Crippen LogP contribution in [0, 0.1) is 13.8 Å². The summed E-state index contributed by atoms with van der Waals surface area (Å²) in [6, 6.07) is 10.6. The molecule has 0 aliphatic carbocycles. The molecule has 0 heterocycles. The summed E-state index contributed by atoms with van der Waals surface area (Å²) in [6.45, 7) is 3.68. The summed E-state index contributed by atoms with van der Waals surface area (Å²) in [5.41, 5.74) is 2.93. The molecule has 0 aliphatic rings. The van der Waals surface area contributed by atoms with Crippen molar-refractivity contribution in [3.8, 4) is 5.75 Å². The second-order valence-electron chi connectivity index (χ2n) is 4.41. The van der Waals surface area contributed by atoms with Gasteiger partial charge in [-0.1, -0.05) is 22.0 Å². The molecule has 98 valence electrons. The Hall–Kier alpha value is -1.81. The fourth-order valence-corrected chi connectivity index (χ4v) is 2.13. The SMILES string of the molecule is Cc1cc(NC(=O)c2cc(Br)ccc2C)ccc1O. The van der Waals surface area contributed by atoms with Gasteiger partial charge in [0.25, 0.3) is 5.91 Å². The number of hydrogen-bond donors (Lipinski definition) is 2. The fourth-order valence-electron chi connectivity index (χ4n) is 1.77. The van der Waals surface area contributed by atoms with Crippen molar-refractivity contribution in [3.05, 3.63) is 57.6 Å². The van der Waals surface area contributed by atoms with Crippen LogP contribution in [0.2, 0.25) is 0 Å². The third-order valence-corrected chi connectivity index (χ3v) is 3.39. The van der Waals surface area contributed by atoms with E-state index in [4.69, 9.17) is 0 Å². The summed E-state index contributed by atoms with van der Waals surface area (Å²) in [5, 5.41) is 12.3. The van der Waals surface area contributed by atoms with Crippen LogP contribution in [0.15, 0.2) is 40.9 Å². The van der Waals surface area contributed by atoms with Crippen LogP contribution in [0.25, 0.3) is 0 Å². The van der Waals surface area contributed by atoms with E-state index in [1.807, 2.05) is 19.1 Å². The van der Waals surface area contributed by atoms with Gasteiger partial charge in [-0.15, -0.1) is 0 Å². The van der Waals surface area contributed by atoms with Crippen molar-refractivity contribution >= 4 is 27.5 Å². The summed E-state index contributed by atoms with van der Waals surface area (Å²) >= 11 is 3.36. The van der Waals surface area contributed by atoms with Gasteiger partial charge in [-0.2, -0.15) is 0 Å². The molecule has 0 aliphatic heterocycles. The molecule has 0 atom stereocenters. The minimum atomic E-state index is -0.163. The maximum Gasteiger partial charge on any atom is 0.255 e. The number of aryl methyl sites for hydroxylation is 2. The standard InChI is InChI=1S/C15H14BrNO2/c1-9-3-4-11(16)8-13(9)15(19)17-12-5-6-14(18)10(2)7-12/h3-8,18H,1-2H3,(H,17,19). The number of aromatic hydroxyl groups is 1. The van der Waals surface area contributed by atoms with Crippen LogP contribution in [0.5, 0.6) is 5.75 Å². The lowest BCUT2D eigenvalue weighted by Gasteiger charge is -2.09. The van der Waals surface area contributed by atoms with Crippen LogP contribution < -0.4 is 5.32 Å². The first kappa shape index (κ1) is 13.6. The Kier molecular flexibility index (Phi) is 3.90. The molecule has 2 N–H and O–H groups in total. The van der Waals surface area contributed by atoms with Crippen molar-refractivity contribution in [1.82, 2.24) is 0 Å². The van der Waals surface area contributed by atoms with E-state index < -0.39 is 0 Å². The highest BCUT2D eigenvalue weighted by atomic mass is 79.9. The van der Waals surface area contributed by atoms with E-state index in [2.05, 4.69) is 21.2 Å². The van der Waals surface area contributed by atoms with Gasteiger partial charge >= 0.3 is 0 Å². The van der Waals surface area contributed by atoms with Gasteiger partial charge in [0.05, 0.1) is 0 Å². The molecule has 0 fully saturated rings. The zero-order valence-corrected chi connectivity index (χ0v) is 12.3. The average Bonchev–Trinajstić information content (AvgIpc) is 2.36. The molecule has 0 radical (unpaired) electrons. The summed E-state index contributed by atoms with van der Waals surface area (Å²) in [7, 11) is 0. The van der Waals surface area contributed by atoms with Crippen LogP contribution in [0.3, 0.4) is 0 Å². The number of benzene rings is 2. The number of carbonyl (C=O) groups is 1. The number of nitrogens with one attached hydrogen (secondary N) is 1. The molecular formula is C15H14BrNO2. The molecule has 0 saturated carbocycles. The van der Waals surface area contributed by atoms with E-state index >= 15 is 0 Å². The van der Waals surface area contributed by atoms with Crippen molar-refractivity contribution in [2.75, 3.05) is 5.32 Å². The molecule has 0 saturated heterocycles. The van der Waals surface area contributed by atoms with Crippen LogP contribution in [-0.2, 0) is 0 Å². The number of carbonyl (C=O) groups excluding carboxylic acids is 1. The summed E-state index contributed by atoms with van der Waals surface area (Å²) in [4.78, 5) is 12.2. The van der Waals surface area contributed by atoms with E-state index in [0.29, 0.717) is 11.3 Å². The molecule has 1 amide bonds. The highest BCUT2D eigenvalue weighted by Crippen LogP contribution is 2.22. The van der Waals surface area contributed by atoms with E-state index in [1.165, 1.54) is 0 Å². The largest absolute Gasteiger partial charge is 0.508 e. The van der Waals surface area contributed by atoms with Gasteiger partial charge in [0.15, 0.2) is 0 Å². The number of anilines is 1. The highest BCUT2D eigenvalue weighted by Gasteiger charge is 2.10. The molecule has 0 bridgehead atoms. The molecule has 3 nitrogen and oxygen atoms in total. The molecule has 2 aromatic carbocycles. The Morgan fingerprint density at radius 3 is 2.53 bits per heavy atom. The smallest absolute Gasteiger partial charge is 0.255 e. The van der Waals surface area contributed by atoms with Crippen molar-refractivity contribution in [2.24, 2.45) is 0 Å². The average molecular weight is 320 g/mol. The van der Waals surface area contributed by atoms with Gasteiger partial charge in [-0.3, -0.25) is 4.79 Å². The van der Waals surface area contributed by atoms with Gasteiger partial charge in [-0.05, 0) is 55.3 Å². The zero-order valence-electron chi connectivity index (χ0n) is 10.7. The Bertz CT molecular complexity index is 638. The fraction of sp³-hybridized carbons (Fsp3) is 0.133. The Balaban J connectivity index is 2.25. The molecule has 0 unspecified atom stereocenters. The van der Waals surface area contributed by atoms with Crippen LogP contribution >= 0.6 is 15.9 Å². The number of phenolic OH excluding ortho intramolecular Hbond substituents is 1. The van der Waals surface area contributed by atoms with Crippen molar-refractivity contribution in [3.63, 3.8) is 0 Å². The van der Waals surface area contributed by atoms with Crippen LogP contribution in [0.1, 0.15) is 21.5 Å². The summed E-state index contributed by atoms with van der Waals surface area (Å²) in [5.74, 6) is 0.0560. The quantitative estimate of drug-likeness (QED) is 0.821. The number of rotatable bonds is 2. The molecule has 19 heavy (non-hydrogen) atoms. The summed E-state index contributed by atoms with van der Waals surface area (Å²) < 4.78 is 0.866. The lowest BCUT2D eigenvalue weighted by Crippen LogP contribution is -2.13. The van der Waals surface area contributed by atoms with E-state index in [0.717, 1.165) is 15.6 Å². The lowest BCUT2D eigenvalue weighted by atomic mass is 10.1. The topological polar surface area (TPSA) is 49.3 Å². The third-order valence-electron chi connectivity index (χ3n) is 2.90. The highest BCUT2D eigenvalue weighted by molar-refractivity contribution is 9.10. The maximum atomic E-state index is 12.2. The van der Waals surface area contributed by atoms with Gasteiger partial charge < -0.3 is 10.4 Å². The van der Waals surface area contributed by atoms with E-state index in [9.17, 15) is 9.90 Å². The first-order valence-corrected chi connectivity index (χ1v) is 6.64. The molecule has 4 heteroatoms. The van der Waals surface area contributed by atoms with Crippen molar-refractivity contribution < 1.29 is 9.90 Å². The predicted molar refractivity (Wildman–Crippen MR) is 79.7 cm³/mol. The predicted octanol–water partition coefficient (Wildman–Crippen LogP) is 4.02. The van der Waals surface area contributed by atoms with Crippen molar-refractivity contribution in [2.45, 2.75) is 13.8 Å². The van der Waals surface area contributed by atoms with Gasteiger partial charge in [-0.25, -0.2) is 0 Å². The molecule has 0 aromatic heterocycles. The third kappa shape index (κ3) is 3.15. The minimum Gasteiger partial charge on any atom is -0.508 e. The first-order chi connectivity index (χ1) is 8.97. The van der Waals surface area contributed by atoms with Crippen molar-refractivity contribution in [1.29, 1.82) is 0 Å². The molecule has 0 spiro atoms. The second-order valence-corrected chi connectivity index (χ2v) is 5.33.